The van der Waals surface area contributed by atoms with Crippen molar-refractivity contribution in [3.8, 4) is 0 Å². The van der Waals surface area contributed by atoms with Crippen LogP contribution in [0, 0.1) is 0 Å². The molecule has 0 aromatic carbocycles. The molecular weight excluding hydrogens is 405 g/mol. The Balaban J connectivity index is 0.00000196. The van der Waals surface area contributed by atoms with Crippen LogP contribution in [-0.2, 0) is 16.6 Å². The molecule has 2 aromatic rings. The highest BCUT2D eigenvalue weighted by molar-refractivity contribution is 5.86. The Hall–Kier alpha value is -2.10. The molecule has 2 unspecified atom stereocenters. The smallest absolute Gasteiger partial charge is 0.247 e. The van der Waals surface area contributed by atoms with Crippen LogP contribution in [0.25, 0.3) is 0 Å². The summed E-state index contributed by atoms with van der Waals surface area (Å²) in [5.41, 5.74) is 0. The molecule has 0 bridgehead atoms. The van der Waals surface area contributed by atoms with Crippen LogP contribution in [0.15, 0.2) is 30.9 Å². The lowest BCUT2D eigenvalue weighted by Crippen LogP contribution is -2.52. The van der Waals surface area contributed by atoms with E-state index in [0.717, 1.165) is 12.4 Å². The topological polar surface area (TPSA) is 88.3 Å². The second-order valence-electron chi connectivity index (χ2n) is 6.56. The average molecular weight is 432 g/mol. The van der Waals surface area contributed by atoms with Gasteiger partial charge in [-0.1, -0.05) is 0 Å². The highest BCUT2D eigenvalue weighted by Crippen LogP contribution is 2.21. The highest BCUT2D eigenvalue weighted by atomic mass is 35.5. The van der Waals surface area contributed by atoms with Crippen LogP contribution < -0.4 is 5.32 Å². The van der Waals surface area contributed by atoms with E-state index in [-0.39, 0.29) is 49.2 Å². The van der Waals surface area contributed by atoms with Crippen molar-refractivity contribution < 1.29 is 9.59 Å². The van der Waals surface area contributed by atoms with Crippen molar-refractivity contribution in [1.29, 1.82) is 0 Å². The summed E-state index contributed by atoms with van der Waals surface area (Å²) >= 11 is 0. The number of hydrogen-bond acceptors (Lipinski definition) is 5. The molecule has 11 heteroatoms. The van der Waals surface area contributed by atoms with Crippen LogP contribution in [0.1, 0.15) is 24.8 Å². The van der Waals surface area contributed by atoms with Gasteiger partial charge in [0.1, 0.15) is 17.9 Å². The monoisotopic (exact) mass is 431 g/mol. The second kappa shape index (κ2) is 10.4. The first-order chi connectivity index (χ1) is 12.5. The molecule has 3 heterocycles. The van der Waals surface area contributed by atoms with Crippen LogP contribution in [0.5, 0.6) is 0 Å². The Morgan fingerprint density at radius 2 is 2.07 bits per heavy atom. The summed E-state index contributed by atoms with van der Waals surface area (Å²) in [6.07, 6.45) is 6.97. The molecule has 3 rings (SSSR count). The average Bonchev–Trinajstić information content (AvgIpc) is 3.32. The molecular formula is C17H27Cl2N7O2. The molecule has 156 valence electrons. The van der Waals surface area contributed by atoms with Crippen molar-refractivity contribution in [2.75, 3.05) is 33.2 Å². The first-order valence-corrected chi connectivity index (χ1v) is 8.70. The number of nitrogens with one attached hydrogen (secondary N) is 1. The minimum atomic E-state index is -0.448. The highest BCUT2D eigenvalue weighted by Gasteiger charge is 2.32. The lowest BCUT2D eigenvalue weighted by atomic mass is 10.1. The van der Waals surface area contributed by atoms with Gasteiger partial charge in [0.2, 0.25) is 11.8 Å². The SMILES string of the molecule is CC(C(=O)N(C)CC(=O)N1CCNCC1c1nccn1C)n1cccn1.Cl.Cl. The van der Waals surface area contributed by atoms with Gasteiger partial charge in [-0.2, -0.15) is 5.10 Å². The maximum absolute atomic E-state index is 12.9. The normalized spacial score (nSPS) is 17.2. The molecule has 0 saturated carbocycles. The van der Waals surface area contributed by atoms with E-state index in [1.807, 2.05) is 17.8 Å². The third kappa shape index (κ3) is 5.03. The summed E-state index contributed by atoms with van der Waals surface area (Å²) < 4.78 is 3.51. The van der Waals surface area contributed by atoms with Crippen LogP contribution in [0.2, 0.25) is 0 Å². The van der Waals surface area contributed by atoms with Gasteiger partial charge < -0.3 is 19.7 Å². The van der Waals surface area contributed by atoms with E-state index in [9.17, 15) is 9.59 Å². The number of aryl methyl sites for hydroxylation is 1. The number of carbonyl (C=O) groups is 2. The molecule has 0 spiro atoms. The Labute approximate surface area is 176 Å². The van der Waals surface area contributed by atoms with Crippen LogP contribution in [0.4, 0.5) is 0 Å². The van der Waals surface area contributed by atoms with E-state index < -0.39 is 6.04 Å². The van der Waals surface area contributed by atoms with Crippen molar-refractivity contribution in [3.05, 3.63) is 36.7 Å². The Kier molecular flexibility index (Phi) is 8.93. The summed E-state index contributed by atoms with van der Waals surface area (Å²) in [6.45, 7) is 3.78. The molecule has 1 aliphatic heterocycles. The summed E-state index contributed by atoms with van der Waals surface area (Å²) in [4.78, 5) is 33.1. The number of rotatable bonds is 5. The van der Waals surface area contributed by atoms with Crippen LogP contribution >= 0.6 is 24.8 Å². The van der Waals surface area contributed by atoms with Crippen molar-refractivity contribution in [2.24, 2.45) is 7.05 Å². The van der Waals surface area contributed by atoms with Gasteiger partial charge in [0.25, 0.3) is 0 Å². The van der Waals surface area contributed by atoms with Gasteiger partial charge in [-0.25, -0.2) is 4.98 Å². The molecule has 9 nitrogen and oxygen atoms in total. The number of halogens is 2. The van der Waals surface area contributed by atoms with Crippen molar-refractivity contribution >= 4 is 36.6 Å². The Bertz CT molecular complexity index is 765. The lowest BCUT2D eigenvalue weighted by Gasteiger charge is -2.36. The number of piperazine rings is 1. The van der Waals surface area contributed by atoms with E-state index in [1.54, 1.807) is 48.2 Å². The minimum Gasteiger partial charge on any atom is -0.336 e. The number of nitrogens with zero attached hydrogens (tertiary/aromatic N) is 6. The van der Waals surface area contributed by atoms with E-state index in [0.29, 0.717) is 13.1 Å². The Morgan fingerprint density at radius 1 is 1.32 bits per heavy atom. The number of amides is 2. The van der Waals surface area contributed by atoms with E-state index >= 15 is 0 Å². The maximum atomic E-state index is 12.9. The second-order valence-corrected chi connectivity index (χ2v) is 6.56. The van der Waals surface area contributed by atoms with Gasteiger partial charge in [-0.15, -0.1) is 24.8 Å². The van der Waals surface area contributed by atoms with Crippen molar-refractivity contribution in [2.45, 2.75) is 19.0 Å². The lowest BCUT2D eigenvalue weighted by molar-refractivity contribution is -0.143. The number of hydrogen-bond donors (Lipinski definition) is 1. The van der Waals surface area contributed by atoms with E-state index in [2.05, 4.69) is 15.4 Å². The van der Waals surface area contributed by atoms with E-state index in [4.69, 9.17) is 0 Å². The van der Waals surface area contributed by atoms with Gasteiger partial charge in [0.05, 0.1) is 6.54 Å². The predicted octanol–water partition coefficient (Wildman–Crippen LogP) is 0.653. The first kappa shape index (κ1) is 23.9. The number of carbonyl (C=O) groups excluding carboxylic acids is 2. The zero-order valence-corrected chi connectivity index (χ0v) is 17.8. The van der Waals surface area contributed by atoms with E-state index in [1.165, 1.54) is 4.90 Å². The molecule has 28 heavy (non-hydrogen) atoms. The number of likely N-dealkylation sites (N-methyl/N-ethyl adjacent to an activating group) is 1. The largest absolute Gasteiger partial charge is 0.336 e. The number of aromatic nitrogens is 4. The Morgan fingerprint density at radius 3 is 2.68 bits per heavy atom. The van der Waals surface area contributed by atoms with Gasteiger partial charge in [0.15, 0.2) is 0 Å². The summed E-state index contributed by atoms with van der Waals surface area (Å²) in [5.74, 6) is 0.609. The molecule has 0 aliphatic carbocycles. The van der Waals surface area contributed by atoms with Gasteiger partial charge in [0, 0.05) is 58.5 Å². The summed E-state index contributed by atoms with van der Waals surface area (Å²) in [6, 6.07) is 1.19. The molecule has 2 aromatic heterocycles. The third-order valence-corrected chi connectivity index (χ3v) is 4.75. The van der Waals surface area contributed by atoms with Gasteiger partial charge in [-0.05, 0) is 13.0 Å². The maximum Gasteiger partial charge on any atom is 0.247 e. The zero-order valence-electron chi connectivity index (χ0n) is 16.2. The molecule has 0 radical (unpaired) electrons. The van der Waals surface area contributed by atoms with Gasteiger partial charge in [-0.3, -0.25) is 14.3 Å². The molecule has 2 atom stereocenters. The van der Waals surface area contributed by atoms with Crippen molar-refractivity contribution in [1.82, 2.24) is 34.4 Å². The molecule has 1 aliphatic rings. The fourth-order valence-electron chi connectivity index (χ4n) is 3.25. The van der Waals surface area contributed by atoms with Crippen molar-refractivity contribution in [3.63, 3.8) is 0 Å². The van der Waals surface area contributed by atoms with Gasteiger partial charge >= 0.3 is 0 Å². The predicted molar refractivity (Wildman–Crippen MR) is 110 cm³/mol. The third-order valence-electron chi connectivity index (χ3n) is 4.75. The molecule has 1 saturated heterocycles. The minimum absolute atomic E-state index is 0. The molecule has 1 fully saturated rings. The molecule has 2 amide bonds. The fraction of sp³-hybridized carbons (Fsp3) is 0.529. The number of imidazole rings is 1. The molecule has 1 N–H and O–H groups in total. The first-order valence-electron chi connectivity index (χ1n) is 8.70. The fourth-order valence-corrected chi connectivity index (χ4v) is 3.25. The van der Waals surface area contributed by atoms with Crippen LogP contribution in [-0.4, -0.2) is 74.2 Å². The summed E-state index contributed by atoms with van der Waals surface area (Å²) in [7, 11) is 3.57. The zero-order chi connectivity index (χ0) is 18.7. The summed E-state index contributed by atoms with van der Waals surface area (Å²) in [5, 5.41) is 7.41. The quantitative estimate of drug-likeness (QED) is 0.750. The standard InChI is InChI=1S/C17H25N7O2.2ClH/c1-13(24-8-4-5-20-24)17(26)22(3)12-15(25)23-10-6-18-11-14(23)16-19-7-9-21(16)2;;/h4-5,7-9,13-14,18H,6,10-12H2,1-3H3;2*1H. The van der Waals surface area contributed by atoms with Crippen LogP contribution in [0.3, 0.4) is 0 Å².